The highest BCUT2D eigenvalue weighted by atomic mass is 16.5. The van der Waals surface area contributed by atoms with Crippen LogP contribution >= 0.6 is 0 Å². The molecule has 1 aliphatic rings. The molecule has 1 amide bonds. The van der Waals surface area contributed by atoms with Crippen molar-refractivity contribution in [3.63, 3.8) is 0 Å². The summed E-state index contributed by atoms with van der Waals surface area (Å²) in [7, 11) is 0. The second-order valence-corrected chi connectivity index (χ2v) is 5.65. The van der Waals surface area contributed by atoms with Gasteiger partial charge in [-0.25, -0.2) is 4.99 Å². The third kappa shape index (κ3) is 6.29. The molecule has 1 heterocycles. The van der Waals surface area contributed by atoms with Crippen LogP contribution in [0.4, 0.5) is 0 Å². The fourth-order valence-corrected chi connectivity index (χ4v) is 2.31. The molecule has 132 valence electrons. The van der Waals surface area contributed by atoms with E-state index in [1.807, 2.05) is 26.0 Å². The highest BCUT2D eigenvalue weighted by molar-refractivity contribution is 6.04. The molecular formula is C18H26N2O4. The van der Waals surface area contributed by atoms with Crippen LogP contribution in [0.3, 0.4) is 0 Å². The number of nitrogens with zero attached hydrogens (tertiary/aromatic N) is 1. The molecule has 2 rings (SSSR count). The van der Waals surface area contributed by atoms with Crippen LogP contribution in [0.2, 0.25) is 0 Å². The van der Waals surface area contributed by atoms with Gasteiger partial charge in [0.15, 0.2) is 0 Å². The predicted molar refractivity (Wildman–Crippen MR) is 92.4 cm³/mol. The van der Waals surface area contributed by atoms with E-state index >= 15 is 0 Å². The van der Waals surface area contributed by atoms with Crippen molar-refractivity contribution < 1.29 is 19.0 Å². The Bertz CT molecular complexity index is 536. The number of amidine groups is 1. The highest BCUT2D eigenvalue weighted by Gasteiger charge is 2.16. The molecule has 24 heavy (non-hydrogen) atoms. The van der Waals surface area contributed by atoms with Gasteiger partial charge in [0.25, 0.3) is 11.9 Å². The lowest BCUT2D eigenvalue weighted by Crippen LogP contribution is -2.34. The van der Waals surface area contributed by atoms with Crippen LogP contribution in [0.25, 0.3) is 0 Å². The second kappa shape index (κ2) is 10.1. The van der Waals surface area contributed by atoms with Crippen molar-refractivity contribution in [1.82, 2.24) is 5.32 Å². The van der Waals surface area contributed by atoms with Gasteiger partial charge in [-0.05, 0) is 38.8 Å². The molecule has 1 atom stereocenters. The van der Waals surface area contributed by atoms with Gasteiger partial charge in [0.05, 0.1) is 19.3 Å². The molecule has 1 aromatic carbocycles. The maximum Gasteiger partial charge on any atom is 0.291 e. The van der Waals surface area contributed by atoms with Crippen molar-refractivity contribution in [2.24, 2.45) is 4.99 Å². The van der Waals surface area contributed by atoms with Gasteiger partial charge in [0.1, 0.15) is 6.61 Å². The van der Waals surface area contributed by atoms with E-state index in [1.165, 1.54) is 0 Å². The topological polar surface area (TPSA) is 69.2 Å². The number of nitrogens with one attached hydrogen (secondary N) is 1. The summed E-state index contributed by atoms with van der Waals surface area (Å²) < 4.78 is 16.4. The Morgan fingerprint density at radius 1 is 1.33 bits per heavy atom. The van der Waals surface area contributed by atoms with E-state index in [9.17, 15) is 4.79 Å². The number of hydrogen-bond donors (Lipinski definition) is 1. The summed E-state index contributed by atoms with van der Waals surface area (Å²) in [6.07, 6.45) is 2.14. The van der Waals surface area contributed by atoms with Crippen molar-refractivity contribution >= 4 is 11.9 Å². The summed E-state index contributed by atoms with van der Waals surface area (Å²) in [6, 6.07) is 7.57. The van der Waals surface area contributed by atoms with Crippen LogP contribution in [0, 0.1) is 6.92 Å². The average Bonchev–Trinajstić information content (AvgIpc) is 3.10. The Kier molecular flexibility index (Phi) is 7.71. The third-order valence-electron chi connectivity index (χ3n) is 3.67. The van der Waals surface area contributed by atoms with Crippen LogP contribution in [-0.2, 0) is 14.2 Å². The molecule has 0 unspecified atom stereocenters. The molecule has 0 bridgehead atoms. The van der Waals surface area contributed by atoms with E-state index in [0.717, 1.165) is 25.0 Å². The van der Waals surface area contributed by atoms with Gasteiger partial charge in [0, 0.05) is 18.8 Å². The average molecular weight is 334 g/mol. The molecule has 0 aromatic heterocycles. The molecule has 1 fully saturated rings. The summed E-state index contributed by atoms with van der Waals surface area (Å²) in [6.45, 7) is 6.58. The lowest BCUT2D eigenvalue weighted by molar-refractivity contribution is 0.0913. The van der Waals surface area contributed by atoms with Gasteiger partial charge >= 0.3 is 0 Å². The molecule has 1 N–H and O–H groups in total. The number of rotatable bonds is 7. The van der Waals surface area contributed by atoms with E-state index in [-0.39, 0.29) is 18.0 Å². The maximum absolute atomic E-state index is 12.3. The number of benzene rings is 1. The van der Waals surface area contributed by atoms with E-state index in [1.54, 1.807) is 12.1 Å². The fourth-order valence-electron chi connectivity index (χ4n) is 2.31. The fraction of sp³-hybridized carbons (Fsp3) is 0.556. The molecule has 0 spiro atoms. The van der Waals surface area contributed by atoms with Crippen LogP contribution < -0.4 is 5.32 Å². The van der Waals surface area contributed by atoms with Gasteiger partial charge in [0.2, 0.25) is 0 Å². The molecule has 0 saturated carbocycles. The Hall–Kier alpha value is -1.92. The van der Waals surface area contributed by atoms with Crippen LogP contribution in [0.15, 0.2) is 29.3 Å². The van der Waals surface area contributed by atoms with Crippen molar-refractivity contribution in [3.8, 4) is 0 Å². The summed E-state index contributed by atoms with van der Waals surface area (Å²) in [5.74, 6) is -0.238. The van der Waals surface area contributed by atoms with Crippen LogP contribution in [0.5, 0.6) is 0 Å². The first-order valence-electron chi connectivity index (χ1n) is 8.43. The molecule has 6 heteroatoms. The smallest absolute Gasteiger partial charge is 0.291 e. The van der Waals surface area contributed by atoms with Crippen molar-refractivity contribution in [1.29, 1.82) is 0 Å². The summed E-state index contributed by atoms with van der Waals surface area (Å²) in [5.41, 5.74) is 1.67. The van der Waals surface area contributed by atoms with Gasteiger partial charge in [-0.15, -0.1) is 0 Å². The largest absolute Gasteiger partial charge is 0.463 e. The molecular weight excluding hydrogens is 308 g/mol. The monoisotopic (exact) mass is 334 g/mol. The molecule has 6 nitrogen and oxygen atoms in total. The van der Waals surface area contributed by atoms with E-state index in [2.05, 4.69) is 10.3 Å². The standard InChI is InChI=1S/C18H26N2O4/c1-3-22-11-12-24-18(19-13-16-5-4-10-23-16)20-17(21)15-8-6-14(2)7-9-15/h6-9,16H,3-5,10-13H2,1-2H3,(H,19,20,21)/t16-/m0/s1. The lowest BCUT2D eigenvalue weighted by Gasteiger charge is -2.12. The normalized spacial score (nSPS) is 17.8. The zero-order chi connectivity index (χ0) is 17.2. The first-order chi connectivity index (χ1) is 11.7. The second-order valence-electron chi connectivity index (χ2n) is 5.65. The number of hydrogen-bond acceptors (Lipinski definition) is 5. The molecule has 0 aliphatic carbocycles. The van der Waals surface area contributed by atoms with E-state index in [4.69, 9.17) is 14.2 Å². The van der Waals surface area contributed by atoms with Crippen LogP contribution in [0.1, 0.15) is 35.7 Å². The Morgan fingerprint density at radius 2 is 2.12 bits per heavy atom. The number of aryl methyl sites for hydroxylation is 1. The Balaban J connectivity index is 1.93. The minimum atomic E-state index is -0.238. The van der Waals surface area contributed by atoms with E-state index < -0.39 is 0 Å². The number of carbonyl (C=O) groups is 1. The highest BCUT2D eigenvalue weighted by Crippen LogP contribution is 2.12. The number of carbonyl (C=O) groups excluding carboxylic acids is 1. The molecule has 1 saturated heterocycles. The Morgan fingerprint density at radius 3 is 2.79 bits per heavy atom. The van der Waals surface area contributed by atoms with Crippen molar-refractivity contribution in [3.05, 3.63) is 35.4 Å². The summed E-state index contributed by atoms with van der Waals surface area (Å²) in [4.78, 5) is 16.7. The quantitative estimate of drug-likeness (QED) is 0.472. The molecule has 1 aromatic rings. The first-order valence-corrected chi connectivity index (χ1v) is 8.43. The third-order valence-corrected chi connectivity index (χ3v) is 3.67. The lowest BCUT2D eigenvalue weighted by atomic mass is 10.1. The SMILES string of the molecule is CCOCCOC(=NC[C@@H]1CCCO1)NC(=O)c1ccc(C)cc1. The summed E-state index contributed by atoms with van der Waals surface area (Å²) in [5, 5.41) is 2.73. The van der Waals surface area contributed by atoms with Gasteiger partial charge in [-0.1, -0.05) is 17.7 Å². The van der Waals surface area contributed by atoms with Gasteiger partial charge < -0.3 is 14.2 Å². The van der Waals surface area contributed by atoms with Crippen molar-refractivity contribution in [2.75, 3.05) is 33.0 Å². The Labute approximate surface area is 143 Å². The van der Waals surface area contributed by atoms with Crippen molar-refractivity contribution in [2.45, 2.75) is 32.8 Å². The first kappa shape index (κ1) is 18.4. The van der Waals surface area contributed by atoms with E-state index in [0.29, 0.717) is 31.9 Å². The zero-order valence-electron chi connectivity index (χ0n) is 14.4. The predicted octanol–water partition coefficient (Wildman–Crippen LogP) is 2.31. The maximum atomic E-state index is 12.3. The molecule has 0 radical (unpaired) electrons. The zero-order valence-corrected chi connectivity index (χ0v) is 14.4. The van der Waals surface area contributed by atoms with Gasteiger partial charge in [-0.3, -0.25) is 10.1 Å². The summed E-state index contributed by atoms with van der Waals surface area (Å²) >= 11 is 0. The van der Waals surface area contributed by atoms with Crippen LogP contribution in [-0.4, -0.2) is 51.0 Å². The molecule has 1 aliphatic heterocycles. The van der Waals surface area contributed by atoms with Gasteiger partial charge in [-0.2, -0.15) is 0 Å². The number of aliphatic imine (C=N–C) groups is 1. The minimum absolute atomic E-state index is 0.103. The number of amides is 1. The number of ether oxygens (including phenoxy) is 3. The minimum Gasteiger partial charge on any atom is -0.463 e.